The zero-order valence-corrected chi connectivity index (χ0v) is 15.1. The molecule has 1 aromatic rings. The van der Waals surface area contributed by atoms with Crippen LogP contribution in [0, 0.1) is 5.92 Å². The van der Waals surface area contributed by atoms with Crippen LogP contribution in [-0.4, -0.2) is 56.8 Å². The number of hydrogen-bond donors (Lipinski definition) is 1. The molecule has 1 amide bonds. The normalized spacial score (nSPS) is 16.8. The molecule has 1 heterocycles. The first-order valence-corrected chi connectivity index (χ1v) is 8.80. The van der Waals surface area contributed by atoms with Crippen molar-refractivity contribution in [2.24, 2.45) is 5.92 Å². The lowest BCUT2D eigenvalue weighted by atomic mass is 10.0. The second kappa shape index (κ2) is 9.64. The highest BCUT2D eigenvalue weighted by Crippen LogP contribution is 2.14. The predicted octanol–water partition coefficient (Wildman–Crippen LogP) is 2.10. The third-order valence-corrected chi connectivity index (χ3v) is 4.34. The summed E-state index contributed by atoms with van der Waals surface area (Å²) in [6.07, 6.45) is 1.47. The van der Waals surface area contributed by atoms with Crippen LogP contribution in [0.5, 0.6) is 5.75 Å². The number of morpholine rings is 1. The largest absolute Gasteiger partial charge is 0.497 e. The molecule has 2 rings (SSSR count). The third-order valence-electron chi connectivity index (χ3n) is 4.34. The zero-order valence-electron chi connectivity index (χ0n) is 15.1. The van der Waals surface area contributed by atoms with Crippen molar-refractivity contribution in [3.63, 3.8) is 0 Å². The van der Waals surface area contributed by atoms with Gasteiger partial charge < -0.3 is 14.8 Å². The van der Waals surface area contributed by atoms with Gasteiger partial charge in [-0.05, 0) is 30.0 Å². The smallest absolute Gasteiger partial charge is 0.224 e. The van der Waals surface area contributed by atoms with Gasteiger partial charge in [-0.1, -0.05) is 26.0 Å². The van der Waals surface area contributed by atoms with Crippen molar-refractivity contribution in [1.82, 2.24) is 10.2 Å². The molecule has 1 atom stereocenters. The fourth-order valence-electron chi connectivity index (χ4n) is 3.11. The van der Waals surface area contributed by atoms with E-state index in [1.807, 2.05) is 24.3 Å². The Balaban J connectivity index is 1.86. The molecule has 0 aromatic heterocycles. The number of benzene rings is 1. The first kappa shape index (κ1) is 18.7. The van der Waals surface area contributed by atoms with Crippen LogP contribution in [0.15, 0.2) is 24.3 Å². The number of nitrogens with zero attached hydrogens (tertiary/aromatic N) is 1. The first-order valence-electron chi connectivity index (χ1n) is 8.80. The molecule has 0 saturated carbocycles. The van der Waals surface area contributed by atoms with Gasteiger partial charge in [0.05, 0.1) is 26.7 Å². The highest BCUT2D eigenvalue weighted by Gasteiger charge is 2.22. The molecule has 1 aliphatic rings. The van der Waals surface area contributed by atoms with E-state index in [1.54, 1.807) is 7.11 Å². The SMILES string of the molecule is COc1cccc(CC(=O)NCC(CC(C)C)N2CCOCC2)c1. The van der Waals surface area contributed by atoms with Gasteiger partial charge in [0.2, 0.25) is 5.91 Å². The number of ether oxygens (including phenoxy) is 2. The van der Waals surface area contributed by atoms with Crippen molar-refractivity contribution in [2.45, 2.75) is 32.7 Å². The van der Waals surface area contributed by atoms with E-state index < -0.39 is 0 Å². The van der Waals surface area contributed by atoms with E-state index in [4.69, 9.17) is 9.47 Å². The Morgan fingerprint density at radius 3 is 2.75 bits per heavy atom. The van der Waals surface area contributed by atoms with E-state index in [0.29, 0.717) is 24.9 Å². The number of nitrogens with one attached hydrogen (secondary N) is 1. The standard InChI is InChI=1S/C19H30N2O3/c1-15(2)11-17(21-7-9-24-10-8-21)14-20-19(22)13-16-5-4-6-18(12-16)23-3/h4-6,12,15,17H,7-11,13-14H2,1-3H3,(H,20,22). The molecule has 0 spiro atoms. The minimum absolute atomic E-state index is 0.0604. The number of rotatable bonds is 8. The van der Waals surface area contributed by atoms with Gasteiger partial charge in [-0.15, -0.1) is 0 Å². The van der Waals surface area contributed by atoms with Crippen LogP contribution in [0.1, 0.15) is 25.8 Å². The Bertz CT molecular complexity index is 513. The highest BCUT2D eigenvalue weighted by molar-refractivity contribution is 5.78. The molecular weight excluding hydrogens is 304 g/mol. The topological polar surface area (TPSA) is 50.8 Å². The van der Waals surface area contributed by atoms with Gasteiger partial charge in [-0.25, -0.2) is 0 Å². The highest BCUT2D eigenvalue weighted by atomic mass is 16.5. The summed E-state index contributed by atoms with van der Waals surface area (Å²) in [4.78, 5) is 14.7. The molecular formula is C19H30N2O3. The summed E-state index contributed by atoms with van der Waals surface area (Å²) < 4.78 is 10.6. The van der Waals surface area contributed by atoms with Gasteiger partial charge in [0.25, 0.3) is 0 Å². The molecule has 1 saturated heterocycles. The van der Waals surface area contributed by atoms with Crippen molar-refractivity contribution >= 4 is 5.91 Å². The van der Waals surface area contributed by atoms with Gasteiger partial charge in [-0.2, -0.15) is 0 Å². The maximum atomic E-state index is 12.3. The molecule has 1 unspecified atom stereocenters. The summed E-state index contributed by atoms with van der Waals surface area (Å²) in [6.45, 7) is 8.61. The van der Waals surface area contributed by atoms with Crippen molar-refractivity contribution < 1.29 is 14.3 Å². The van der Waals surface area contributed by atoms with Gasteiger partial charge in [-0.3, -0.25) is 9.69 Å². The first-order chi connectivity index (χ1) is 11.6. The fourth-order valence-corrected chi connectivity index (χ4v) is 3.11. The second-order valence-corrected chi connectivity index (χ2v) is 6.76. The Kier molecular flexibility index (Phi) is 7.53. The van der Waals surface area contributed by atoms with Crippen LogP contribution in [0.4, 0.5) is 0 Å². The average Bonchev–Trinajstić information content (AvgIpc) is 2.59. The van der Waals surface area contributed by atoms with Crippen LogP contribution in [0.25, 0.3) is 0 Å². The number of carbonyl (C=O) groups excluding carboxylic acids is 1. The van der Waals surface area contributed by atoms with Gasteiger partial charge >= 0.3 is 0 Å². The lowest BCUT2D eigenvalue weighted by Gasteiger charge is -2.35. The molecule has 0 aliphatic carbocycles. The molecule has 5 nitrogen and oxygen atoms in total. The maximum absolute atomic E-state index is 12.3. The molecule has 134 valence electrons. The van der Waals surface area contributed by atoms with Crippen molar-refractivity contribution in [2.75, 3.05) is 40.0 Å². The fraction of sp³-hybridized carbons (Fsp3) is 0.632. The summed E-state index contributed by atoms with van der Waals surface area (Å²) in [7, 11) is 1.64. The van der Waals surface area contributed by atoms with Gasteiger partial charge in [0, 0.05) is 25.7 Å². The molecule has 0 radical (unpaired) electrons. The molecule has 24 heavy (non-hydrogen) atoms. The van der Waals surface area contributed by atoms with Crippen LogP contribution in [-0.2, 0) is 16.0 Å². The van der Waals surface area contributed by atoms with E-state index in [-0.39, 0.29) is 5.91 Å². The lowest BCUT2D eigenvalue weighted by molar-refractivity contribution is -0.120. The molecule has 0 bridgehead atoms. The Morgan fingerprint density at radius 2 is 2.08 bits per heavy atom. The predicted molar refractivity (Wildman–Crippen MR) is 95.3 cm³/mol. The summed E-state index contributed by atoms with van der Waals surface area (Å²) in [5.74, 6) is 1.45. The van der Waals surface area contributed by atoms with E-state index in [9.17, 15) is 4.79 Å². The molecule has 1 aliphatic heterocycles. The van der Waals surface area contributed by atoms with Crippen LogP contribution in [0.3, 0.4) is 0 Å². The zero-order chi connectivity index (χ0) is 17.4. The molecule has 1 N–H and O–H groups in total. The Morgan fingerprint density at radius 1 is 1.33 bits per heavy atom. The number of hydrogen-bond acceptors (Lipinski definition) is 4. The second-order valence-electron chi connectivity index (χ2n) is 6.76. The van der Waals surface area contributed by atoms with E-state index in [2.05, 4.69) is 24.1 Å². The Hall–Kier alpha value is -1.59. The number of carbonyl (C=O) groups is 1. The summed E-state index contributed by atoms with van der Waals surface area (Å²) >= 11 is 0. The third kappa shape index (κ3) is 6.13. The van der Waals surface area contributed by atoms with Gasteiger partial charge in [0.1, 0.15) is 5.75 Å². The number of amides is 1. The summed E-state index contributed by atoms with van der Waals surface area (Å²) in [5.41, 5.74) is 0.971. The minimum atomic E-state index is 0.0604. The molecule has 1 aromatic carbocycles. The van der Waals surface area contributed by atoms with Crippen LogP contribution in [0.2, 0.25) is 0 Å². The Labute approximate surface area is 145 Å². The number of methoxy groups -OCH3 is 1. The van der Waals surface area contributed by atoms with E-state index >= 15 is 0 Å². The van der Waals surface area contributed by atoms with Crippen molar-refractivity contribution in [3.05, 3.63) is 29.8 Å². The summed E-state index contributed by atoms with van der Waals surface area (Å²) in [5, 5.41) is 3.11. The van der Waals surface area contributed by atoms with E-state index in [0.717, 1.165) is 44.0 Å². The molecule has 5 heteroatoms. The minimum Gasteiger partial charge on any atom is -0.497 e. The maximum Gasteiger partial charge on any atom is 0.224 e. The van der Waals surface area contributed by atoms with Crippen molar-refractivity contribution in [3.8, 4) is 5.75 Å². The summed E-state index contributed by atoms with van der Waals surface area (Å²) in [6, 6.07) is 8.04. The van der Waals surface area contributed by atoms with Gasteiger partial charge in [0.15, 0.2) is 0 Å². The molecule has 1 fully saturated rings. The lowest BCUT2D eigenvalue weighted by Crippen LogP contribution is -2.49. The van der Waals surface area contributed by atoms with E-state index in [1.165, 1.54) is 0 Å². The average molecular weight is 334 g/mol. The van der Waals surface area contributed by atoms with Crippen LogP contribution >= 0.6 is 0 Å². The quantitative estimate of drug-likeness (QED) is 0.791. The monoisotopic (exact) mass is 334 g/mol. The van der Waals surface area contributed by atoms with Crippen molar-refractivity contribution in [1.29, 1.82) is 0 Å². The van der Waals surface area contributed by atoms with Crippen LogP contribution < -0.4 is 10.1 Å².